The number of benzene rings is 2. The summed E-state index contributed by atoms with van der Waals surface area (Å²) in [7, 11) is -8.00. The van der Waals surface area contributed by atoms with Crippen LogP contribution in [0.25, 0.3) is 0 Å². The Morgan fingerprint density at radius 1 is 1.07 bits per heavy atom. The van der Waals surface area contributed by atoms with Crippen LogP contribution in [-0.4, -0.2) is 34.0 Å². The first kappa shape index (κ1) is 21.9. The van der Waals surface area contributed by atoms with Crippen molar-refractivity contribution >= 4 is 53.1 Å². The Balaban J connectivity index is 1.75. The fraction of sp³-hybridized carbons (Fsp3) is 0.368. The highest BCUT2D eigenvalue weighted by molar-refractivity contribution is 9.10. The first-order valence-corrected chi connectivity index (χ1v) is 13.5. The van der Waals surface area contributed by atoms with Gasteiger partial charge in [-0.2, -0.15) is 0 Å². The lowest BCUT2D eigenvalue weighted by molar-refractivity contribution is 0.165. The second-order valence-corrected chi connectivity index (χ2v) is 12.5. The lowest BCUT2D eigenvalue weighted by atomic mass is 10.1. The fourth-order valence-electron chi connectivity index (χ4n) is 3.40. The maximum Gasteiger partial charge on any atom is 0.265 e. The summed E-state index contributed by atoms with van der Waals surface area (Å²) in [6.45, 7) is 0.384. The van der Waals surface area contributed by atoms with Crippen LogP contribution >= 0.6 is 27.5 Å². The van der Waals surface area contributed by atoms with E-state index in [1.165, 1.54) is 18.2 Å². The van der Waals surface area contributed by atoms with E-state index < -0.39 is 35.9 Å². The van der Waals surface area contributed by atoms with E-state index >= 15 is 0 Å². The summed E-state index contributed by atoms with van der Waals surface area (Å²) in [5.41, 5.74) is -0.0703. The quantitative estimate of drug-likeness (QED) is 0.566. The molecule has 0 spiro atoms. The smallest absolute Gasteiger partial charge is 0.265 e. The van der Waals surface area contributed by atoms with Gasteiger partial charge in [-0.15, -0.1) is 0 Å². The van der Waals surface area contributed by atoms with Gasteiger partial charge in [-0.1, -0.05) is 27.5 Å². The number of phenols is 1. The topological polar surface area (TPSA) is 110 Å². The number of halogens is 2. The van der Waals surface area contributed by atoms with E-state index in [0.29, 0.717) is 23.9 Å². The Labute approximate surface area is 188 Å². The summed E-state index contributed by atoms with van der Waals surface area (Å²) in [6.07, 6.45) is 2.89. The standard InChI is InChI=1S/C19H19BrClNO6S2/c20-13-8-16(21)19(23)17(9-13)30(26,27)22-14-6-12(11-3-4-11)7-15(10-14)29(24,25)18-2-1-5-28-18/h6-11,18,22-23H,1-5H2. The summed E-state index contributed by atoms with van der Waals surface area (Å²) in [4.78, 5) is -0.393. The van der Waals surface area contributed by atoms with Crippen LogP contribution in [0, 0.1) is 0 Å². The van der Waals surface area contributed by atoms with Gasteiger partial charge in [-0.25, -0.2) is 16.8 Å². The highest BCUT2D eigenvalue weighted by Crippen LogP contribution is 2.43. The van der Waals surface area contributed by atoms with Gasteiger partial charge < -0.3 is 9.84 Å². The van der Waals surface area contributed by atoms with Crippen molar-refractivity contribution in [3.63, 3.8) is 0 Å². The Morgan fingerprint density at radius 2 is 1.80 bits per heavy atom. The van der Waals surface area contributed by atoms with Crippen LogP contribution in [0.15, 0.2) is 44.6 Å². The molecule has 0 bridgehead atoms. The first-order chi connectivity index (χ1) is 14.1. The molecule has 30 heavy (non-hydrogen) atoms. The van der Waals surface area contributed by atoms with Gasteiger partial charge in [-0.05, 0) is 67.5 Å². The molecular formula is C19H19BrClNO6S2. The molecule has 11 heteroatoms. The van der Waals surface area contributed by atoms with Gasteiger partial charge in [0.2, 0.25) is 9.84 Å². The minimum atomic E-state index is -4.23. The number of nitrogens with one attached hydrogen (secondary N) is 1. The molecule has 162 valence electrons. The van der Waals surface area contributed by atoms with Crippen molar-refractivity contribution in [1.29, 1.82) is 0 Å². The number of hydrogen-bond acceptors (Lipinski definition) is 6. The lowest BCUT2D eigenvalue weighted by Gasteiger charge is -2.16. The number of rotatable bonds is 6. The average molecular weight is 537 g/mol. The summed E-state index contributed by atoms with van der Waals surface area (Å²) >= 11 is 9.05. The highest BCUT2D eigenvalue weighted by Gasteiger charge is 2.34. The number of sulfonamides is 1. The molecule has 1 aliphatic carbocycles. The Bertz CT molecular complexity index is 1210. The van der Waals surface area contributed by atoms with Crippen LogP contribution in [0.2, 0.25) is 5.02 Å². The molecule has 1 unspecified atom stereocenters. The normalized spacial score (nSPS) is 19.7. The number of phenolic OH excluding ortho intramolecular Hbond substituents is 1. The number of ether oxygens (including phenoxy) is 1. The van der Waals surface area contributed by atoms with Crippen molar-refractivity contribution in [2.45, 2.75) is 46.8 Å². The molecule has 4 rings (SSSR count). The van der Waals surface area contributed by atoms with Crippen LogP contribution in [-0.2, 0) is 24.6 Å². The van der Waals surface area contributed by atoms with E-state index in [1.807, 2.05) is 0 Å². The van der Waals surface area contributed by atoms with E-state index in [-0.39, 0.29) is 21.5 Å². The van der Waals surface area contributed by atoms with Gasteiger partial charge in [0, 0.05) is 11.1 Å². The molecule has 7 nitrogen and oxygen atoms in total. The first-order valence-electron chi connectivity index (χ1n) is 9.29. The highest BCUT2D eigenvalue weighted by atomic mass is 79.9. The van der Waals surface area contributed by atoms with Gasteiger partial charge >= 0.3 is 0 Å². The number of hydrogen-bond donors (Lipinski definition) is 2. The molecule has 2 aromatic rings. The van der Waals surface area contributed by atoms with E-state index in [2.05, 4.69) is 20.7 Å². The summed E-state index contributed by atoms with van der Waals surface area (Å²) in [5, 5.41) is 10.0. The SMILES string of the molecule is O=S(=O)(Nc1cc(C2CC2)cc(S(=O)(=O)C2CCCO2)c1)c1cc(Br)cc(Cl)c1O. The molecule has 0 radical (unpaired) electrons. The molecule has 2 N–H and O–H groups in total. The molecule has 1 aliphatic heterocycles. The van der Waals surface area contributed by atoms with Gasteiger partial charge in [0.1, 0.15) is 4.90 Å². The van der Waals surface area contributed by atoms with Crippen LogP contribution in [0.1, 0.15) is 37.2 Å². The third kappa shape index (κ3) is 4.34. The molecule has 1 saturated heterocycles. The van der Waals surface area contributed by atoms with E-state index in [4.69, 9.17) is 16.3 Å². The molecule has 1 atom stereocenters. The van der Waals surface area contributed by atoms with Crippen molar-refractivity contribution in [1.82, 2.24) is 0 Å². The maximum atomic E-state index is 13.0. The van der Waals surface area contributed by atoms with Crippen molar-refractivity contribution in [3.05, 3.63) is 45.4 Å². The van der Waals surface area contributed by atoms with Gasteiger partial charge in [-0.3, -0.25) is 4.72 Å². The average Bonchev–Trinajstić information content (AvgIpc) is 3.37. The Hall–Kier alpha value is -1.33. The van der Waals surface area contributed by atoms with Crippen molar-refractivity contribution in [2.24, 2.45) is 0 Å². The number of sulfone groups is 1. The summed E-state index contributed by atoms with van der Waals surface area (Å²) in [5.74, 6) is -0.389. The van der Waals surface area contributed by atoms with Crippen molar-refractivity contribution < 1.29 is 26.7 Å². The Kier molecular flexibility index (Phi) is 5.82. The molecule has 0 aromatic heterocycles. The van der Waals surface area contributed by atoms with Crippen LogP contribution < -0.4 is 4.72 Å². The summed E-state index contributed by atoms with van der Waals surface area (Å²) < 4.78 is 59.9. The number of aromatic hydroxyl groups is 1. The van der Waals surface area contributed by atoms with E-state index in [9.17, 15) is 21.9 Å². The largest absolute Gasteiger partial charge is 0.505 e. The monoisotopic (exact) mass is 535 g/mol. The lowest BCUT2D eigenvalue weighted by Crippen LogP contribution is -2.21. The molecule has 1 heterocycles. The number of anilines is 1. The molecule has 1 saturated carbocycles. The zero-order valence-corrected chi connectivity index (χ0v) is 19.6. The minimum Gasteiger partial charge on any atom is -0.505 e. The zero-order chi connectivity index (χ0) is 21.7. The second kappa shape index (κ2) is 7.98. The van der Waals surface area contributed by atoms with Crippen molar-refractivity contribution in [3.8, 4) is 5.75 Å². The molecule has 0 amide bonds. The molecular weight excluding hydrogens is 518 g/mol. The van der Waals surface area contributed by atoms with E-state index in [1.54, 1.807) is 12.1 Å². The fourth-order valence-corrected chi connectivity index (χ4v) is 7.25. The second-order valence-electron chi connectivity index (χ2n) is 7.39. The maximum absolute atomic E-state index is 13.0. The molecule has 2 aromatic carbocycles. The van der Waals surface area contributed by atoms with Gasteiger partial charge in [0.05, 0.1) is 15.6 Å². The predicted molar refractivity (Wildman–Crippen MR) is 116 cm³/mol. The van der Waals surface area contributed by atoms with Crippen LogP contribution in [0.5, 0.6) is 5.75 Å². The van der Waals surface area contributed by atoms with Gasteiger partial charge in [0.25, 0.3) is 10.0 Å². The van der Waals surface area contributed by atoms with E-state index in [0.717, 1.165) is 18.4 Å². The molecule has 2 fully saturated rings. The minimum absolute atomic E-state index is 0.0213. The Morgan fingerprint density at radius 3 is 2.43 bits per heavy atom. The summed E-state index contributed by atoms with van der Waals surface area (Å²) in [6, 6.07) is 7.10. The van der Waals surface area contributed by atoms with Crippen molar-refractivity contribution in [2.75, 3.05) is 11.3 Å². The van der Waals surface area contributed by atoms with Crippen LogP contribution in [0.4, 0.5) is 5.69 Å². The van der Waals surface area contributed by atoms with Gasteiger partial charge in [0.15, 0.2) is 11.2 Å². The zero-order valence-electron chi connectivity index (χ0n) is 15.6. The molecule has 2 aliphatic rings. The van der Waals surface area contributed by atoms with Crippen LogP contribution in [0.3, 0.4) is 0 Å². The third-order valence-electron chi connectivity index (χ3n) is 5.08. The third-order valence-corrected chi connectivity index (χ3v) is 9.17. The predicted octanol–water partition coefficient (Wildman–Crippen LogP) is 4.40.